The van der Waals surface area contributed by atoms with E-state index in [9.17, 15) is 9.59 Å². The monoisotopic (exact) mass is 579 g/mol. The van der Waals surface area contributed by atoms with Crippen LogP contribution < -0.4 is 4.74 Å². The number of para-hydroxylation sites is 1. The number of hydrogen-bond acceptors (Lipinski definition) is 6. The molecule has 7 heteroatoms. The minimum atomic E-state index is -0.664. The van der Waals surface area contributed by atoms with Crippen LogP contribution in [0.4, 0.5) is 0 Å². The first-order valence-corrected chi connectivity index (χ1v) is 15.1. The van der Waals surface area contributed by atoms with Crippen molar-refractivity contribution in [2.45, 2.75) is 96.8 Å². The van der Waals surface area contributed by atoms with Crippen molar-refractivity contribution < 1.29 is 29.6 Å². The number of fused-ring (bicyclic) bond motifs is 1. The van der Waals surface area contributed by atoms with Gasteiger partial charge in [-0.15, -0.1) is 0 Å². The van der Waals surface area contributed by atoms with Gasteiger partial charge in [-0.3, -0.25) is 9.59 Å². The Morgan fingerprint density at radius 2 is 1.43 bits per heavy atom. The fraction of sp³-hybridized carbons (Fsp3) is 0.457. The third kappa shape index (κ3) is 17.7. The lowest BCUT2D eigenvalue weighted by atomic mass is 10.1. The zero-order valence-corrected chi connectivity index (χ0v) is 25.3. The van der Waals surface area contributed by atoms with Gasteiger partial charge in [0.2, 0.25) is 5.88 Å². The van der Waals surface area contributed by atoms with Crippen LogP contribution >= 0.6 is 0 Å². The number of pyridine rings is 1. The topological polar surface area (TPSA) is 117 Å². The van der Waals surface area contributed by atoms with Crippen molar-refractivity contribution in [2.75, 3.05) is 7.11 Å². The summed E-state index contributed by atoms with van der Waals surface area (Å²) in [6, 6.07) is 15.5. The molecule has 42 heavy (non-hydrogen) atoms. The number of carbonyl (C=O) groups is 2. The number of benzene rings is 2. The minimum absolute atomic E-state index is 0.0399. The summed E-state index contributed by atoms with van der Waals surface area (Å²) >= 11 is 0. The number of aldehydes is 1. The average Bonchev–Trinajstić information content (AvgIpc) is 3.00. The number of rotatable bonds is 17. The van der Waals surface area contributed by atoms with Crippen LogP contribution in [0.2, 0.25) is 0 Å². The molecule has 2 aromatic carbocycles. The molecule has 0 saturated carbocycles. The van der Waals surface area contributed by atoms with Crippen LogP contribution in [0.5, 0.6) is 17.4 Å². The number of ether oxygens (including phenoxy) is 1. The number of unbranched alkanes of at least 4 members (excludes halogenated alkanes) is 11. The summed E-state index contributed by atoms with van der Waals surface area (Å²) in [7, 11) is 1.43. The number of carboxylic acid groups (broad SMARTS) is 1. The summed E-state index contributed by atoms with van der Waals surface area (Å²) in [6.07, 6.45) is 21.9. The standard InChI is InChI=1S/C18H34O2.C9H7NO.C8H8O3/c1-2-3-4-5-6-7-8-9-10-11-12-13-14-15-16-17-18(19)20;11-9-6-5-7-3-1-2-4-8(7)10-9;1-11-8-4-6(5-9)2-3-7(8)10/h9-10H,2-8,11-17H2,1H3,(H,19,20);1-6H,(H,10,11);2-5,10H,1H3/b10-9+;;. The molecule has 0 amide bonds. The van der Waals surface area contributed by atoms with Crippen molar-refractivity contribution in [3.8, 4) is 17.4 Å². The Kier molecular flexibility index (Phi) is 20.5. The fourth-order valence-electron chi connectivity index (χ4n) is 4.17. The molecule has 0 bridgehead atoms. The number of phenols is 1. The minimum Gasteiger partial charge on any atom is -0.504 e. The fourth-order valence-corrected chi connectivity index (χ4v) is 4.17. The molecule has 0 atom stereocenters. The van der Waals surface area contributed by atoms with Gasteiger partial charge in [-0.2, -0.15) is 0 Å². The van der Waals surface area contributed by atoms with Crippen LogP contribution in [0.25, 0.3) is 10.9 Å². The van der Waals surface area contributed by atoms with Crippen molar-refractivity contribution in [3.05, 3.63) is 72.3 Å². The van der Waals surface area contributed by atoms with Gasteiger partial charge >= 0.3 is 5.97 Å². The van der Waals surface area contributed by atoms with Crippen LogP contribution in [-0.4, -0.2) is 39.7 Å². The van der Waals surface area contributed by atoms with E-state index in [4.69, 9.17) is 20.1 Å². The zero-order chi connectivity index (χ0) is 30.8. The van der Waals surface area contributed by atoms with Crippen LogP contribution in [0, 0.1) is 0 Å². The maximum absolute atomic E-state index is 10.3. The Morgan fingerprint density at radius 3 is 2.05 bits per heavy atom. The van der Waals surface area contributed by atoms with Crippen LogP contribution in [-0.2, 0) is 4.79 Å². The number of methoxy groups -OCH3 is 1. The third-order valence-electron chi connectivity index (χ3n) is 6.58. The predicted octanol–water partition coefficient (Wildman–Crippen LogP) is 9.26. The lowest BCUT2D eigenvalue weighted by molar-refractivity contribution is -0.137. The van der Waals surface area contributed by atoms with E-state index < -0.39 is 5.97 Å². The van der Waals surface area contributed by atoms with Gasteiger partial charge in [-0.25, -0.2) is 4.98 Å². The summed E-state index contributed by atoms with van der Waals surface area (Å²) in [4.78, 5) is 24.5. The first-order chi connectivity index (χ1) is 20.4. The van der Waals surface area contributed by atoms with Crippen molar-refractivity contribution in [2.24, 2.45) is 0 Å². The number of aromatic hydroxyl groups is 2. The summed E-state index contributed by atoms with van der Waals surface area (Å²) < 4.78 is 4.78. The predicted molar refractivity (Wildman–Crippen MR) is 171 cm³/mol. The highest BCUT2D eigenvalue weighted by atomic mass is 16.5. The Labute approximate surface area is 251 Å². The van der Waals surface area contributed by atoms with Crippen molar-refractivity contribution in [3.63, 3.8) is 0 Å². The second-order valence-corrected chi connectivity index (χ2v) is 10.1. The number of phenolic OH excluding ortho intramolecular Hbond substituents is 1. The van der Waals surface area contributed by atoms with E-state index in [-0.39, 0.29) is 11.6 Å². The molecule has 3 rings (SSSR count). The summed E-state index contributed by atoms with van der Waals surface area (Å²) in [5, 5.41) is 27.7. The second-order valence-electron chi connectivity index (χ2n) is 10.1. The number of allylic oxidation sites excluding steroid dienone is 2. The highest BCUT2D eigenvalue weighted by Crippen LogP contribution is 2.25. The van der Waals surface area contributed by atoms with Crippen molar-refractivity contribution >= 4 is 23.2 Å². The Hall–Kier alpha value is -3.87. The number of carbonyl (C=O) groups excluding carboxylic acids is 1. The molecule has 0 aliphatic rings. The Morgan fingerprint density at radius 1 is 0.810 bits per heavy atom. The van der Waals surface area contributed by atoms with E-state index in [1.54, 1.807) is 6.07 Å². The lowest BCUT2D eigenvalue weighted by Crippen LogP contribution is -1.93. The molecule has 0 radical (unpaired) electrons. The molecule has 0 unspecified atom stereocenters. The van der Waals surface area contributed by atoms with E-state index in [1.807, 2.05) is 30.3 Å². The van der Waals surface area contributed by atoms with Crippen molar-refractivity contribution in [1.82, 2.24) is 4.98 Å². The first kappa shape index (κ1) is 36.2. The average molecular weight is 580 g/mol. The third-order valence-corrected chi connectivity index (χ3v) is 6.58. The zero-order valence-electron chi connectivity index (χ0n) is 25.3. The molecule has 0 aliphatic heterocycles. The largest absolute Gasteiger partial charge is 0.504 e. The van der Waals surface area contributed by atoms with Gasteiger partial charge in [0.05, 0.1) is 12.6 Å². The molecule has 1 aromatic heterocycles. The molecule has 0 aliphatic carbocycles. The molecule has 7 nitrogen and oxygen atoms in total. The normalized spacial score (nSPS) is 10.4. The summed E-state index contributed by atoms with van der Waals surface area (Å²) in [5.74, 6) is -0.237. The molecule has 230 valence electrons. The molecule has 0 saturated heterocycles. The van der Waals surface area contributed by atoms with E-state index in [0.29, 0.717) is 24.0 Å². The molecule has 0 spiro atoms. The SMILES string of the molecule is CCCCCCCC/C=C/CCCCCCCC(=O)O.COc1cc(C=O)ccc1O.Oc1ccc2ccccc2n1. The molecule has 3 aromatic rings. The van der Waals surface area contributed by atoms with Gasteiger partial charge in [-0.1, -0.05) is 88.6 Å². The molecular weight excluding hydrogens is 530 g/mol. The number of aliphatic carboxylic acids is 1. The van der Waals surface area contributed by atoms with Gasteiger partial charge in [0.15, 0.2) is 11.5 Å². The van der Waals surface area contributed by atoms with E-state index in [1.165, 1.54) is 95.9 Å². The maximum atomic E-state index is 10.3. The highest BCUT2D eigenvalue weighted by Gasteiger charge is 2.00. The van der Waals surface area contributed by atoms with Gasteiger partial charge in [0.1, 0.15) is 6.29 Å². The quantitative estimate of drug-likeness (QED) is 0.0828. The Bertz CT molecular complexity index is 1180. The second kappa shape index (κ2) is 23.8. The molecule has 1 heterocycles. The maximum Gasteiger partial charge on any atom is 0.303 e. The van der Waals surface area contributed by atoms with Crippen LogP contribution in [0.15, 0.2) is 66.7 Å². The van der Waals surface area contributed by atoms with Crippen LogP contribution in [0.3, 0.4) is 0 Å². The van der Waals surface area contributed by atoms with E-state index in [2.05, 4.69) is 24.1 Å². The van der Waals surface area contributed by atoms with Crippen LogP contribution in [0.1, 0.15) is 107 Å². The van der Waals surface area contributed by atoms with Gasteiger partial charge < -0.3 is 20.1 Å². The van der Waals surface area contributed by atoms with E-state index in [0.717, 1.165) is 23.7 Å². The summed E-state index contributed by atoms with van der Waals surface area (Å²) in [6.45, 7) is 2.26. The number of aromatic nitrogens is 1. The number of hydrogen-bond donors (Lipinski definition) is 3. The van der Waals surface area contributed by atoms with Gasteiger partial charge in [0, 0.05) is 23.4 Å². The smallest absolute Gasteiger partial charge is 0.303 e. The Balaban J connectivity index is 0.000000337. The van der Waals surface area contributed by atoms with Crippen molar-refractivity contribution in [1.29, 1.82) is 0 Å². The molecular formula is C35H49NO6. The van der Waals surface area contributed by atoms with Gasteiger partial charge in [0.25, 0.3) is 0 Å². The van der Waals surface area contributed by atoms with Gasteiger partial charge in [-0.05, 0) is 62.4 Å². The molecule has 3 N–H and O–H groups in total. The summed E-state index contributed by atoms with van der Waals surface area (Å²) in [5.41, 5.74) is 1.31. The molecule has 0 fully saturated rings. The number of carboxylic acids is 1. The number of nitrogens with zero attached hydrogens (tertiary/aromatic N) is 1. The lowest BCUT2D eigenvalue weighted by Gasteiger charge is -2.01. The highest BCUT2D eigenvalue weighted by molar-refractivity contribution is 5.78. The van der Waals surface area contributed by atoms with E-state index >= 15 is 0 Å². The first-order valence-electron chi connectivity index (χ1n) is 15.1.